The summed E-state index contributed by atoms with van der Waals surface area (Å²) in [5.74, 6) is 1.05. The number of carbonyl (C=O) groups is 1. The van der Waals surface area contributed by atoms with Crippen LogP contribution in [0, 0.1) is 0 Å². The SMILES string of the molecule is CCCOc1ccc(C(=O)N/N=C\c2cc(Cl)ccc2OC)cc1. The highest BCUT2D eigenvalue weighted by Crippen LogP contribution is 2.20. The molecule has 0 bridgehead atoms. The Morgan fingerprint density at radius 1 is 1.25 bits per heavy atom. The molecular weight excluding hydrogens is 328 g/mol. The fourth-order valence-corrected chi connectivity index (χ4v) is 2.13. The van der Waals surface area contributed by atoms with Gasteiger partial charge in [0, 0.05) is 16.1 Å². The average Bonchev–Trinajstić information content (AvgIpc) is 2.60. The van der Waals surface area contributed by atoms with Crippen molar-refractivity contribution in [3.8, 4) is 11.5 Å². The smallest absolute Gasteiger partial charge is 0.271 e. The van der Waals surface area contributed by atoms with Gasteiger partial charge in [0.25, 0.3) is 5.91 Å². The lowest BCUT2D eigenvalue weighted by Gasteiger charge is -2.06. The van der Waals surface area contributed by atoms with E-state index in [1.165, 1.54) is 6.21 Å². The van der Waals surface area contributed by atoms with Gasteiger partial charge in [0.15, 0.2) is 0 Å². The van der Waals surface area contributed by atoms with Gasteiger partial charge in [-0.2, -0.15) is 5.10 Å². The third-order valence-electron chi connectivity index (χ3n) is 3.15. The van der Waals surface area contributed by atoms with Crippen molar-refractivity contribution < 1.29 is 14.3 Å². The van der Waals surface area contributed by atoms with Crippen LogP contribution in [0.3, 0.4) is 0 Å². The number of rotatable bonds is 7. The van der Waals surface area contributed by atoms with E-state index in [-0.39, 0.29) is 5.91 Å². The van der Waals surface area contributed by atoms with Crippen LogP contribution in [-0.4, -0.2) is 25.8 Å². The Morgan fingerprint density at radius 2 is 2.00 bits per heavy atom. The van der Waals surface area contributed by atoms with Crippen LogP contribution in [0.1, 0.15) is 29.3 Å². The minimum Gasteiger partial charge on any atom is -0.496 e. The van der Waals surface area contributed by atoms with Crippen LogP contribution >= 0.6 is 11.6 Å². The number of amides is 1. The number of ether oxygens (including phenoxy) is 2. The van der Waals surface area contributed by atoms with Gasteiger partial charge >= 0.3 is 0 Å². The summed E-state index contributed by atoms with van der Waals surface area (Å²) in [5.41, 5.74) is 3.64. The molecule has 24 heavy (non-hydrogen) atoms. The van der Waals surface area contributed by atoms with E-state index >= 15 is 0 Å². The number of hydrazone groups is 1. The largest absolute Gasteiger partial charge is 0.496 e. The van der Waals surface area contributed by atoms with E-state index in [1.54, 1.807) is 49.6 Å². The second-order valence-electron chi connectivity index (χ2n) is 4.96. The van der Waals surface area contributed by atoms with E-state index in [9.17, 15) is 4.79 Å². The highest BCUT2D eigenvalue weighted by molar-refractivity contribution is 6.30. The molecule has 6 heteroatoms. The molecule has 126 valence electrons. The minimum atomic E-state index is -0.311. The zero-order chi connectivity index (χ0) is 17.4. The predicted molar refractivity (Wildman–Crippen MR) is 95.3 cm³/mol. The second-order valence-corrected chi connectivity index (χ2v) is 5.39. The summed E-state index contributed by atoms with van der Waals surface area (Å²) in [6, 6.07) is 12.1. The molecule has 0 fully saturated rings. The molecule has 0 atom stereocenters. The molecule has 0 radical (unpaired) electrons. The topological polar surface area (TPSA) is 59.9 Å². The first kappa shape index (κ1) is 17.8. The molecule has 0 unspecified atom stereocenters. The summed E-state index contributed by atoms with van der Waals surface area (Å²) < 4.78 is 10.7. The molecular formula is C18H19ClN2O3. The van der Waals surface area contributed by atoms with Crippen molar-refractivity contribution in [2.75, 3.05) is 13.7 Å². The monoisotopic (exact) mass is 346 g/mol. The van der Waals surface area contributed by atoms with Crippen molar-refractivity contribution in [3.05, 3.63) is 58.6 Å². The normalized spacial score (nSPS) is 10.6. The zero-order valence-electron chi connectivity index (χ0n) is 13.6. The third kappa shape index (κ3) is 4.99. The lowest BCUT2D eigenvalue weighted by molar-refractivity contribution is 0.0955. The first-order valence-corrected chi connectivity index (χ1v) is 7.91. The Balaban J connectivity index is 1.98. The standard InChI is InChI=1S/C18H19ClN2O3/c1-3-10-24-16-7-4-13(5-8-16)18(22)21-20-12-14-11-15(19)6-9-17(14)23-2/h4-9,11-12H,3,10H2,1-2H3,(H,21,22)/b20-12-. The second kappa shape index (κ2) is 8.93. The summed E-state index contributed by atoms with van der Waals surface area (Å²) in [5, 5.41) is 4.51. The Morgan fingerprint density at radius 3 is 2.67 bits per heavy atom. The van der Waals surface area contributed by atoms with Gasteiger partial charge in [0.2, 0.25) is 0 Å². The first-order valence-electron chi connectivity index (χ1n) is 7.54. The molecule has 0 aliphatic heterocycles. The Hall–Kier alpha value is -2.53. The fourth-order valence-electron chi connectivity index (χ4n) is 1.95. The van der Waals surface area contributed by atoms with Gasteiger partial charge in [0.05, 0.1) is 19.9 Å². The van der Waals surface area contributed by atoms with Crippen molar-refractivity contribution in [3.63, 3.8) is 0 Å². The maximum atomic E-state index is 12.1. The van der Waals surface area contributed by atoms with Gasteiger partial charge in [-0.1, -0.05) is 18.5 Å². The van der Waals surface area contributed by atoms with Crippen LogP contribution < -0.4 is 14.9 Å². The van der Waals surface area contributed by atoms with Crippen LogP contribution in [-0.2, 0) is 0 Å². The number of hydrogen-bond acceptors (Lipinski definition) is 4. The van der Waals surface area contributed by atoms with Crippen LogP contribution in [0.4, 0.5) is 0 Å². The molecule has 2 rings (SSSR count). The number of nitrogens with one attached hydrogen (secondary N) is 1. The third-order valence-corrected chi connectivity index (χ3v) is 3.39. The van der Waals surface area contributed by atoms with Gasteiger partial charge in [-0.15, -0.1) is 0 Å². The quantitative estimate of drug-likeness (QED) is 0.611. The molecule has 1 N–H and O–H groups in total. The van der Waals surface area contributed by atoms with E-state index in [0.717, 1.165) is 12.2 Å². The number of benzene rings is 2. The predicted octanol–water partition coefficient (Wildman–Crippen LogP) is 3.90. The maximum Gasteiger partial charge on any atom is 0.271 e. The highest BCUT2D eigenvalue weighted by Gasteiger charge is 2.05. The van der Waals surface area contributed by atoms with E-state index < -0.39 is 0 Å². The number of hydrogen-bond donors (Lipinski definition) is 1. The highest BCUT2D eigenvalue weighted by atomic mass is 35.5. The summed E-state index contributed by atoms with van der Waals surface area (Å²) in [6.45, 7) is 2.69. The molecule has 5 nitrogen and oxygen atoms in total. The van der Waals surface area contributed by atoms with Crippen molar-refractivity contribution in [2.24, 2.45) is 5.10 Å². The van der Waals surface area contributed by atoms with Crippen molar-refractivity contribution in [2.45, 2.75) is 13.3 Å². The maximum absolute atomic E-state index is 12.1. The average molecular weight is 347 g/mol. The molecule has 0 aliphatic rings. The van der Waals surface area contributed by atoms with Crippen molar-refractivity contribution in [1.82, 2.24) is 5.43 Å². The van der Waals surface area contributed by atoms with Gasteiger partial charge < -0.3 is 9.47 Å². The van der Waals surface area contributed by atoms with E-state index in [4.69, 9.17) is 21.1 Å². The summed E-state index contributed by atoms with van der Waals surface area (Å²) in [7, 11) is 1.56. The Labute approximate surface area is 146 Å². The van der Waals surface area contributed by atoms with Crippen molar-refractivity contribution in [1.29, 1.82) is 0 Å². The van der Waals surface area contributed by atoms with Crippen LogP contribution in [0.2, 0.25) is 5.02 Å². The first-order chi connectivity index (χ1) is 11.6. The van der Waals surface area contributed by atoms with Crippen LogP contribution in [0.5, 0.6) is 11.5 Å². The molecule has 0 saturated carbocycles. The molecule has 0 aliphatic carbocycles. The molecule has 0 aromatic heterocycles. The number of methoxy groups -OCH3 is 1. The zero-order valence-corrected chi connectivity index (χ0v) is 14.3. The lowest BCUT2D eigenvalue weighted by atomic mass is 10.2. The van der Waals surface area contributed by atoms with E-state index in [0.29, 0.717) is 28.5 Å². The van der Waals surface area contributed by atoms with Crippen LogP contribution in [0.25, 0.3) is 0 Å². The molecule has 0 heterocycles. The number of halogens is 1. The van der Waals surface area contributed by atoms with E-state index in [1.807, 2.05) is 6.92 Å². The molecule has 1 amide bonds. The lowest BCUT2D eigenvalue weighted by Crippen LogP contribution is -2.17. The van der Waals surface area contributed by atoms with Gasteiger partial charge in [-0.05, 0) is 48.9 Å². The van der Waals surface area contributed by atoms with Gasteiger partial charge in [0.1, 0.15) is 11.5 Å². The van der Waals surface area contributed by atoms with Gasteiger partial charge in [-0.3, -0.25) is 4.79 Å². The van der Waals surface area contributed by atoms with Crippen LogP contribution in [0.15, 0.2) is 47.6 Å². The molecule has 2 aromatic carbocycles. The molecule has 0 spiro atoms. The summed E-state index contributed by atoms with van der Waals surface area (Å²) >= 11 is 5.95. The summed E-state index contributed by atoms with van der Waals surface area (Å²) in [6.07, 6.45) is 2.42. The molecule has 2 aromatic rings. The summed E-state index contributed by atoms with van der Waals surface area (Å²) in [4.78, 5) is 12.1. The fraction of sp³-hybridized carbons (Fsp3) is 0.222. The minimum absolute atomic E-state index is 0.311. The van der Waals surface area contributed by atoms with Gasteiger partial charge in [-0.25, -0.2) is 5.43 Å². The number of carbonyl (C=O) groups excluding carboxylic acids is 1. The van der Waals surface area contributed by atoms with E-state index in [2.05, 4.69) is 10.5 Å². The van der Waals surface area contributed by atoms with Crippen molar-refractivity contribution >= 4 is 23.7 Å². The molecule has 0 saturated heterocycles. The Bertz CT molecular complexity index is 715. The Kier molecular flexibility index (Phi) is 6.63. The number of nitrogens with zero attached hydrogens (tertiary/aromatic N) is 1.